The molecule has 1 saturated carbocycles. The molecule has 2 aliphatic rings. The molecular weight excluding hydrogens is 290 g/mol. The molecule has 23 heavy (non-hydrogen) atoms. The van der Waals surface area contributed by atoms with Crippen LogP contribution in [0.2, 0.25) is 0 Å². The first-order chi connectivity index (χ1) is 11.2. The highest BCUT2D eigenvalue weighted by Crippen LogP contribution is 2.36. The number of hydrogen-bond donors (Lipinski definition) is 1. The molecule has 1 aromatic heterocycles. The third-order valence-electron chi connectivity index (χ3n) is 4.96. The number of amides is 1. The monoisotopic (exact) mass is 313 g/mol. The second-order valence-electron chi connectivity index (χ2n) is 6.47. The van der Waals surface area contributed by atoms with E-state index in [1.54, 1.807) is 18.4 Å². The van der Waals surface area contributed by atoms with Gasteiger partial charge in [0.15, 0.2) is 0 Å². The molecule has 2 heterocycles. The number of carbonyl (C=O) groups excluding carboxylic acids is 1. The summed E-state index contributed by atoms with van der Waals surface area (Å²) in [7, 11) is 0. The molecule has 1 amide bonds. The Bertz CT molecular complexity index is 778. The number of rotatable bonds is 3. The lowest BCUT2D eigenvalue weighted by atomic mass is 9.94. The predicted octanol–water partition coefficient (Wildman–Crippen LogP) is 3.51. The van der Waals surface area contributed by atoms with Gasteiger partial charge in [0.2, 0.25) is 5.91 Å². The lowest BCUT2D eigenvalue weighted by Crippen LogP contribution is -2.17. The maximum Gasteiger partial charge on any atom is 0.248 e. The van der Waals surface area contributed by atoms with Gasteiger partial charge in [-0.25, -0.2) is 4.98 Å². The lowest BCUT2D eigenvalue weighted by molar-refractivity contribution is 0.100. The summed E-state index contributed by atoms with van der Waals surface area (Å²) in [5.41, 5.74) is 7.86. The smallest absolute Gasteiger partial charge is 0.248 e. The van der Waals surface area contributed by atoms with Gasteiger partial charge in [-0.15, -0.1) is 0 Å². The van der Waals surface area contributed by atoms with Gasteiger partial charge in [0.1, 0.15) is 12.4 Å². The largest absolute Gasteiger partial charge is 0.500 e. The summed E-state index contributed by atoms with van der Waals surface area (Å²) >= 11 is 0. The quantitative estimate of drug-likeness (QED) is 0.942. The van der Waals surface area contributed by atoms with E-state index in [9.17, 15) is 4.79 Å². The van der Waals surface area contributed by atoms with Crippen LogP contribution in [0.4, 0.5) is 0 Å². The Hall–Kier alpha value is -2.30. The zero-order chi connectivity index (χ0) is 15.8. The molecule has 1 aliphatic carbocycles. The Morgan fingerprint density at radius 2 is 2.13 bits per heavy atom. The molecule has 0 spiro atoms. The van der Waals surface area contributed by atoms with E-state index >= 15 is 0 Å². The second-order valence-corrected chi connectivity index (χ2v) is 6.47. The van der Waals surface area contributed by atoms with Crippen molar-refractivity contribution in [2.75, 3.05) is 6.61 Å². The molecular formula is C18H23N3O2. The summed E-state index contributed by atoms with van der Waals surface area (Å²) in [6.45, 7) is 0.638. The molecule has 2 N–H and O–H groups in total. The van der Waals surface area contributed by atoms with E-state index in [-0.39, 0.29) is 7.34 Å². The van der Waals surface area contributed by atoms with Gasteiger partial charge in [-0.2, -0.15) is 0 Å². The molecule has 0 bridgehead atoms. The maximum absolute atomic E-state index is 11.5. The van der Waals surface area contributed by atoms with Gasteiger partial charge < -0.3 is 15.0 Å². The predicted molar refractivity (Wildman–Crippen MR) is 90.3 cm³/mol. The summed E-state index contributed by atoms with van der Waals surface area (Å²) in [5, 5.41) is 0. The van der Waals surface area contributed by atoms with Crippen molar-refractivity contribution in [2.45, 2.75) is 44.1 Å². The van der Waals surface area contributed by atoms with Crippen LogP contribution in [0.25, 0.3) is 11.0 Å². The van der Waals surface area contributed by atoms with Crippen LogP contribution >= 0.6 is 0 Å². The fraction of sp³-hybridized carbons (Fsp3) is 0.444. The van der Waals surface area contributed by atoms with Crippen molar-refractivity contribution in [3.8, 4) is 0 Å². The van der Waals surface area contributed by atoms with Crippen LogP contribution in [0.1, 0.15) is 61.7 Å². The number of aromatic nitrogens is 2. The number of primary amides is 1. The molecule has 1 aliphatic heterocycles. The zero-order valence-electron chi connectivity index (χ0n) is 13.1. The highest BCUT2D eigenvalue weighted by molar-refractivity contribution is 5.96. The van der Waals surface area contributed by atoms with Crippen LogP contribution in [0.5, 0.6) is 0 Å². The van der Waals surface area contributed by atoms with Crippen LogP contribution in [-0.2, 0) is 4.74 Å². The first kappa shape index (κ1) is 14.3. The van der Waals surface area contributed by atoms with Crippen molar-refractivity contribution in [3.63, 3.8) is 0 Å². The lowest BCUT2D eigenvalue weighted by Gasteiger charge is -2.26. The van der Waals surface area contributed by atoms with E-state index in [0.717, 1.165) is 16.9 Å². The molecule has 2 aromatic rings. The molecule has 1 unspecified atom stereocenters. The van der Waals surface area contributed by atoms with Crippen molar-refractivity contribution in [2.24, 2.45) is 5.73 Å². The number of hydrogen-bond acceptors (Lipinski definition) is 3. The molecule has 122 valence electrons. The minimum absolute atomic E-state index is 0. The van der Waals surface area contributed by atoms with E-state index in [0.29, 0.717) is 18.2 Å². The standard InChI is InChI=1S/C18H21N3O2.H2/c19-17(22)12-6-7-16-15(10-12)20-18(13-8-9-23-11-13)21(16)14-4-2-1-3-5-14;/h6-10,13-14H,1-5,11H2,(H2,19,22);1H. The van der Waals surface area contributed by atoms with Crippen LogP contribution in [-0.4, -0.2) is 22.1 Å². The van der Waals surface area contributed by atoms with Crippen LogP contribution in [0, 0.1) is 0 Å². The maximum atomic E-state index is 11.5. The molecule has 1 atom stereocenters. The summed E-state index contributed by atoms with van der Waals surface area (Å²) in [5.74, 6) is 0.813. The second kappa shape index (κ2) is 5.72. The van der Waals surface area contributed by atoms with E-state index < -0.39 is 5.91 Å². The Morgan fingerprint density at radius 1 is 1.30 bits per heavy atom. The van der Waals surface area contributed by atoms with Gasteiger partial charge in [0, 0.05) is 13.0 Å². The van der Waals surface area contributed by atoms with Crippen molar-refractivity contribution >= 4 is 16.9 Å². The Balaban J connectivity index is 0.00000169. The normalized spacial score (nSPS) is 21.7. The van der Waals surface area contributed by atoms with Crippen molar-refractivity contribution in [1.82, 2.24) is 9.55 Å². The number of nitrogens with two attached hydrogens (primary N) is 1. The van der Waals surface area contributed by atoms with E-state index in [2.05, 4.69) is 10.6 Å². The Kier molecular flexibility index (Phi) is 3.56. The number of carbonyl (C=O) groups is 1. The van der Waals surface area contributed by atoms with Gasteiger partial charge in [-0.1, -0.05) is 19.3 Å². The average molecular weight is 313 g/mol. The van der Waals surface area contributed by atoms with Gasteiger partial charge in [-0.05, 0) is 37.1 Å². The van der Waals surface area contributed by atoms with Crippen molar-refractivity contribution < 1.29 is 11.0 Å². The number of nitrogens with zero attached hydrogens (tertiary/aromatic N) is 2. The summed E-state index contributed by atoms with van der Waals surface area (Å²) in [6.07, 6.45) is 10.0. The Labute approximate surface area is 136 Å². The highest BCUT2D eigenvalue weighted by atomic mass is 16.5. The van der Waals surface area contributed by atoms with Gasteiger partial charge in [0.25, 0.3) is 0 Å². The number of imidazole rings is 1. The summed E-state index contributed by atoms with van der Waals surface area (Å²) in [6, 6.07) is 6.08. The topological polar surface area (TPSA) is 70.1 Å². The molecule has 5 heteroatoms. The zero-order valence-corrected chi connectivity index (χ0v) is 13.1. The van der Waals surface area contributed by atoms with Crippen LogP contribution in [0.3, 0.4) is 0 Å². The molecule has 0 radical (unpaired) electrons. The molecule has 5 nitrogen and oxygen atoms in total. The van der Waals surface area contributed by atoms with Crippen molar-refractivity contribution in [3.05, 3.63) is 41.9 Å². The van der Waals surface area contributed by atoms with Gasteiger partial charge in [0.05, 0.1) is 23.2 Å². The summed E-state index contributed by atoms with van der Waals surface area (Å²) < 4.78 is 7.78. The van der Waals surface area contributed by atoms with E-state index in [1.807, 2.05) is 6.07 Å². The van der Waals surface area contributed by atoms with Crippen LogP contribution < -0.4 is 5.73 Å². The molecule has 0 saturated heterocycles. The first-order valence-electron chi connectivity index (χ1n) is 8.34. The minimum atomic E-state index is -0.412. The van der Waals surface area contributed by atoms with Gasteiger partial charge >= 0.3 is 0 Å². The van der Waals surface area contributed by atoms with Crippen LogP contribution in [0.15, 0.2) is 30.5 Å². The SMILES string of the molecule is NC(=O)c1ccc2c(c1)nc(C1C=COC1)n2C1CCCCC1.[HH]. The third-order valence-corrected chi connectivity index (χ3v) is 4.96. The molecule has 1 fully saturated rings. The Morgan fingerprint density at radius 3 is 2.83 bits per heavy atom. The fourth-order valence-corrected chi connectivity index (χ4v) is 3.78. The average Bonchev–Trinajstić information content (AvgIpc) is 3.22. The highest BCUT2D eigenvalue weighted by Gasteiger charge is 2.26. The van der Waals surface area contributed by atoms with E-state index in [4.69, 9.17) is 15.5 Å². The molecule has 1 aromatic carbocycles. The van der Waals surface area contributed by atoms with Gasteiger partial charge in [-0.3, -0.25) is 4.79 Å². The summed E-state index contributed by atoms with van der Waals surface area (Å²) in [4.78, 5) is 16.3. The van der Waals surface area contributed by atoms with E-state index in [1.165, 1.54) is 32.1 Å². The fourth-order valence-electron chi connectivity index (χ4n) is 3.78. The third kappa shape index (κ3) is 2.50. The number of benzene rings is 1. The first-order valence-corrected chi connectivity index (χ1v) is 8.34. The number of ether oxygens (including phenoxy) is 1. The number of fused-ring (bicyclic) bond motifs is 1. The van der Waals surface area contributed by atoms with Crippen molar-refractivity contribution in [1.29, 1.82) is 0 Å². The molecule has 4 rings (SSSR count). The minimum Gasteiger partial charge on any atom is -0.500 e.